The van der Waals surface area contributed by atoms with Gasteiger partial charge in [0.1, 0.15) is 6.73 Å². The van der Waals surface area contributed by atoms with E-state index in [2.05, 4.69) is 42.7 Å². The number of ether oxygens (including phenoxy) is 1. The number of anilines is 1. The lowest BCUT2D eigenvalue weighted by Crippen LogP contribution is -2.15. The van der Waals surface area contributed by atoms with Gasteiger partial charge in [0.15, 0.2) is 0 Å². The van der Waals surface area contributed by atoms with Crippen LogP contribution in [0.2, 0.25) is 0 Å². The molecule has 1 aliphatic rings. The van der Waals surface area contributed by atoms with Gasteiger partial charge in [-0.3, -0.25) is 0 Å². The molecule has 0 spiro atoms. The Morgan fingerprint density at radius 2 is 2.00 bits per heavy atom. The Bertz CT molecular complexity index is 315. The number of aryl methyl sites for hydroxylation is 1. The van der Waals surface area contributed by atoms with Gasteiger partial charge in [-0.1, -0.05) is 24.3 Å². The Morgan fingerprint density at radius 1 is 1.31 bits per heavy atom. The quantitative estimate of drug-likeness (QED) is 0.649. The minimum Gasteiger partial charge on any atom is -0.355 e. The summed E-state index contributed by atoms with van der Waals surface area (Å²) in [7, 11) is 0. The summed E-state index contributed by atoms with van der Waals surface area (Å²) in [5, 5.41) is 0. The molecule has 0 amide bonds. The molecule has 1 aliphatic heterocycles. The third kappa shape index (κ3) is 1.58. The zero-order chi connectivity index (χ0) is 9.26. The van der Waals surface area contributed by atoms with E-state index in [4.69, 9.17) is 4.74 Å². The Kier molecular flexibility index (Phi) is 2.07. The van der Waals surface area contributed by atoms with Crippen LogP contribution in [0.15, 0.2) is 36.5 Å². The number of nitrogens with zero attached hydrogens (tertiary/aromatic N) is 1. The fourth-order valence-electron chi connectivity index (χ4n) is 1.41. The van der Waals surface area contributed by atoms with Crippen LogP contribution in [0.1, 0.15) is 5.56 Å². The van der Waals surface area contributed by atoms with Crippen molar-refractivity contribution in [2.45, 2.75) is 6.92 Å². The van der Waals surface area contributed by atoms with Crippen LogP contribution in [-0.4, -0.2) is 13.3 Å². The minimum atomic E-state index is 0.627. The van der Waals surface area contributed by atoms with Gasteiger partial charge >= 0.3 is 0 Å². The molecule has 1 aromatic carbocycles. The molecule has 0 unspecified atom stereocenters. The van der Waals surface area contributed by atoms with Crippen LogP contribution >= 0.6 is 0 Å². The van der Waals surface area contributed by atoms with E-state index >= 15 is 0 Å². The van der Waals surface area contributed by atoms with E-state index in [1.807, 2.05) is 0 Å². The zero-order valence-electron chi connectivity index (χ0n) is 7.79. The summed E-state index contributed by atoms with van der Waals surface area (Å²) in [4.78, 5) is 2.08. The monoisotopic (exact) mass is 175 g/mol. The van der Waals surface area contributed by atoms with Crippen LogP contribution < -0.4 is 4.90 Å². The molecular weight excluding hydrogens is 162 g/mol. The van der Waals surface area contributed by atoms with Crippen molar-refractivity contribution in [1.29, 1.82) is 0 Å². The van der Waals surface area contributed by atoms with Gasteiger partial charge in [-0.25, -0.2) is 0 Å². The Balaban J connectivity index is 2.25. The van der Waals surface area contributed by atoms with Crippen molar-refractivity contribution in [2.75, 3.05) is 18.2 Å². The summed E-state index contributed by atoms with van der Waals surface area (Å²) in [5.41, 5.74) is 3.46. The van der Waals surface area contributed by atoms with Crippen molar-refractivity contribution in [3.8, 4) is 0 Å². The van der Waals surface area contributed by atoms with Crippen LogP contribution in [0.25, 0.3) is 0 Å². The largest absolute Gasteiger partial charge is 0.355 e. The summed E-state index contributed by atoms with van der Waals surface area (Å²) in [6.45, 7) is 7.29. The van der Waals surface area contributed by atoms with Gasteiger partial charge in [-0.15, -0.1) is 0 Å². The second kappa shape index (κ2) is 3.23. The maximum atomic E-state index is 5.28. The lowest BCUT2D eigenvalue weighted by molar-refractivity contribution is 0.205. The molecular formula is C11H13NO. The van der Waals surface area contributed by atoms with E-state index in [1.54, 1.807) is 0 Å². The van der Waals surface area contributed by atoms with E-state index in [0.717, 1.165) is 11.4 Å². The Morgan fingerprint density at radius 3 is 2.54 bits per heavy atom. The molecule has 1 heterocycles. The zero-order valence-corrected chi connectivity index (χ0v) is 7.79. The second-order valence-corrected chi connectivity index (χ2v) is 3.31. The predicted octanol–water partition coefficient (Wildman–Crippen LogP) is 2.30. The van der Waals surface area contributed by atoms with Crippen LogP contribution in [0.3, 0.4) is 0 Å². The maximum Gasteiger partial charge on any atom is 0.123 e. The molecule has 0 bridgehead atoms. The predicted molar refractivity (Wildman–Crippen MR) is 53.6 cm³/mol. The van der Waals surface area contributed by atoms with Gasteiger partial charge in [0.05, 0.1) is 6.61 Å². The van der Waals surface area contributed by atoms with Gasteiger partial charge < -0.3 is 9.64 Å². The molecule has 1 saturated heterocycles. The summed E-state index contributed by atoms with van der Waals surface area (Å²) >= 11 is 0. The van der Waals surface area contributed by atoms with Crippen LogP contribution in [-0.2, 0) is 4.74 Å². The first-order chi connectivity index (χ1) is 6.27. The van der Waals surface area contributed by atoms with Gasteiger partial charge in [0, 0.05) is 11.4 Å². The van der Waals surface area contributed by atoms with Crippen LogP contribution in [0, 0.1) is 6.92 Å². The maximum absolute atomic E-state index is 5.28. The van der Waals surface area contributed by atoms with E-state index < -0.39 is 0 Å². The van der Waals surface area contributed by atoms with Gasteiger partial charge in [0.2, 0.25) is 0 Å². The normalized spacial score (nSPS) is 16.7. The van der Waals surface area contributed by atoms with Gasteiger partial charge in [0.25, 0.3) is 0 Å². The number of hydrogen-bond acceptors (Lipinski definition) is 2. The number of rotatable bonds is 1. The lowest BCUT2D eigenvalue weighted by Gasteiger charge is -2.16. The summed E-state index contributed by atoms with van der Waals surface area (Å²) in [5.74, 6) is 0. The molecule has 0 saturated carbocycles. The second-order valence-electron chi connectivity index (χ2n) is 3.31. The molecule has 1 fully saturated rings. The van der Waals surface area contributed by atoms with E-state index in [1.165, 1.54) is 5.56 Å². The van der Waals surface area contributed by atoms with Crippen LogP contribution in [0.5, 0.6) is 0 Å². The van der Waals surface area contributed by atoms with Crippen molar-refractivity contribution in [2.24, 2.45) is 0 Å². The molecule has 1 aromatic rings. The van der Waals surface area contributed by atoms with Crippen molar-refractivity contribution in [3.05, 3.63) is 42.1 Å². The van der Waals surface area contributed by atoms with Gasteiger partial charge in [-0.05, 0) is 19.1 Å². The van der Waals surface area contributed by atoms with Crippen molar-refractivity contribution < 1.29 is 4.74 Å². The summed E-state index contributed by atoms with van der Waals surface area (Å²) < 4.78 is 5.28. The number of hydrogen-bond donors (Lipinski definition) is 0. The SMILES string of the molecule is C=C1COCN1c1ccc(C)cc1. The van der Waals surface area contributed by atoms with Crippen molar-refractivity contribution in [1.82, 2.24) is 0 Å². The molecule has 2 heteroatoms. The van der Waals surface area contributed by atoms with Crippen LogP contribution in [0.4, 0.5) is 5.69 Å². The fourth-order valence-corrected chi connectivity index (χ4v) is 1.41. The topological polar surface area (TPSA) is 12.5 Å². The molecule has 0 atom stereocenters. The molecule has 68 valence electrons. The molecule has 0 radical (unpaired) electrons. The third-order valence-electron chi connectivity index (χ3n) is 2.22. The molecule has 13 heavy (non-hydrogen) atoms. The van der Waals surface area contributed by atoms with Crippen molar-refractivity contribution >= 4 is 5.69 Å². The lowest BCUT2D eigenvalue weighted by atomic mass is 10.2. The van der Waals surface area contributed by atoms with E-state index in [9.17, 15) is 0 Å². The highest BCUT2D eigenvalue weighted by Gasteiger charge is 2.16. The van der Waals surface area contributed by atoms with E-state index in [-0.39, 0.29) is 0 Å². The highest BCUT2D eigenvalue weighted by molar-refractivity contribution is 5.52. The minimum absolute atomic E-state index is 0.627. The molecule has 0 aliphatic carbocycles. The molecule has 0 aromatic heterocycles. The Hall–Kier alpha value is -1.28. The first-order valence-electron chi connectivity index (χ1n) is 4.37. The highest BCUT2D eigenvalue weighted by Crippen LogP contribution is 2.22. The van der Waals surface area contributed by atoms with E-state index in [0.29, 0.717) is 13.3 Å². The first kappa shape index (κ1) is 8.32. The smallest absolute Gasteiger partial charge is 0.123 e. The molecule has 0 N–H and O–H groups in total. The Labute approximate surface area is 78.4 Å². The highest BCUT2D eigenvalue weighted by atomic mass is 16.5. The third-order valence-corrected chi connectivity index (χ3v) is 2.22. The molecule has 2 rings (SSSR count). The van der Waals surface area contributed by atoms with Gasteiger partial charge in [-0.2, -0.15) is 0 Å². The fraction of sp³-hybridized carbons (Fsp3) is 0.273. The summed E-state index contributed by atoms with van der Waals surface area (Å²) in [6, 6.07) is 8.38. The average Bonchev–Trinajstić information content (AvgIpc) is 2.53. The average molecular weight is 175 g/mol. The molecule has 2 nitrogen and oxygen atoms in total. The first-order valence-corrected chi connectivity index (χ1v) is 4.37. The standard InChI is InChI=1S/C11H13NO/c1-9-3-5-11(6-4-9)12-8-13-7-10(12)2/h3-6H,2,7-8H2,1H3. The summed E-state index contributed by atoms with van der Waals surface area (Å²) in [6.07, 6.45) is 0. The van der Waals surface area contributed by atoms with Crippen molar-refractivity contribution in [3.63, 3.8) is 0 Å². The number of benzene rings is 1.